The van der Waals surface area contributed by atoms with Gasteiger partial charge in [-0.2, -0.15) is 0 Å². The molecule has 0 saturated carbocycles. The summed E-state index contributed by atoms with van der Waals surface area (Å²) in [6.07, 6.45) is 2.00. The lowest BCUT2D eigenvalue weighted by molar-refractivity contribution is -0.134. The third-order valence-electron chi connectivity index (χ3n) is 3.11. The van der Waals surface area contributed by atoms with Gasteiger partial charge in [0.05, 0.1) is 5.54 Å². The van der Waals surface area contributed by atoms with Gasteiger partial charge in [-0.05, 0) is 26.9 Å². The van der Waals surface area contributed by atoms with E-state index in [1.807, 2.05) is 26.0 Å². The number of nitrogens with zero attached hydrogens (tertiary/aromatic N) is 2. The molecule has 0 rings (SSSR count). The first kappa shape index (κ1) is 13.4. The summed E-state index contributed by atoms with van der Waals surface area (Å²) in [6.45, 7) is 6.85. The van der Waals surface area contributed by atoms with Gasteiger partial charge in [0.15, 0.2) is 0 Å². The van der Waals surface area contributed by atoms with E-state index in [0.717, 1.165) is 19.4 Å². The molecule has 0 bridgehead atoms. The zero-order valence-electron chi connectivity index (χ0n) is 10.4. The smallest absolute Gasteiger partial charge is 0.219 e. The van der Waals surface area contributed by atoms with Crippen LogP contribution >= 0.6 is 0 Å². The molecule has 0 spiro atoms. The Labute approximate surface area is 88.1 Å². The topological polar surface area (TPSA) is 23.6 Å². The fourth-order valence-electron chi connectivity index (χ4n) is 1.98. The van der Waals surface area contributed by atoms with E-state index < -0.39 is 0 Å². The molecule has 3 heteroatoms. The van der Waals surface area contributed by atoms with Crippen LogP contribution < -0.4 is 0 Å². The van der Waals surface area contributed by atoms with Crippen molar-refractivity contribution in [3.8, 4) is 0 Å². The van der Waals surface area contributed by atoms with Gasteiger partial charge >= 0.3 is 0 Å². The molecule has 0 radical (unpaired) electrons. The minimum atomic E-state index is -0.00463. The molecule has 0 aliphatic carbocycles. The molecule has 0 aromatic rings. The molecule has 0 aliphatic rings. The van der Waals surface area contributed by atoms with Crippen molar-refractivity contribution in [2.45, 2.75) is 39.2 Å². The minimum Gasteiger partial charge on any atom is -0.339 e. The molecule has 1 amide bonds. The summed E-state index contributed by atoms with van der Waals surface area (Å²) < 4.78 is 0. The molecule has 0 unspecified atom stereocenters. The molecule has 84 valence electrons. The predicted octanol–water partition coefficient (Wildman–Crippen LogP) is 1.59. The van der Waals surface area contributed by atoms with Crippen LogP contribution in [0.15, 0.2) is 0 Å². The normalized spacial score (nSPS) is 11.9. The summed E-state index contributed by atoms with van der Waals surface area (Å²) in [5, 5.41) is 0. The first-order valence-corrected chi connectivity index (χ1v) is 5.28. The molecule has 14 heavy (non-hydrogen) atoms. The van der Waals surface area contributed by atoms with Gasteiger partial charge in [-0.15, -0.1) is 0 Å². The molecule has 0 fully saturated rings. The average Bonchev–Trinajstić information content (AvgIpc) is 2.12. The van der Waals surface area contributed by atoms with Gasteiger partial charge in [0.25, 0.3) is 0 Å². The second-order valence-electron chi connectivity index (χ2n) is 4.25. The second kappa shape index (κ2) is 5.35. The summed E-state index contributed by atoms with van der Waals surface area (Å²) in [4.78, 5) is 15.4. The Morgan fingerprint density at radius 3 is 1.79 bits per heavy atom. The largest absolute Gasteiger partial charge is 0.339 e. The Balaban J connectivity index is 4.76. The molecule has 0 aromatic carbocycles. The van der Waals surface area contributed by atoms with Crippen LogP contribution in [0.4, 0.5) is 0 Å². The van der Waals surface area contributed by atoms with Crippen LogP contribution in [-0.4, -0.2) is 48.9 Å². The van der Waals surface area contributed by atoms with E-state index in [9.17, 15) is 4.79 Å². The lowest BCUT2D eigenvalue weighted by atomic mass is 9.90. The fourth-order valence-corrected chi connectivity index (χ4v) is 1.98. The predicted molar refractivity (Wildman–Crippen MR) is 60.3 cm³/mol. The van der Waals surface area contributed by atoms with Gasteiger partial charge < -0.3 is 9.80 Å². The summed E-state index contributed by atoms with van der Waals surface area (Å²) in [5.74, 6) is 0.149. The monoisotopic (exact) mass is 200 g/mol. The van der Waals surface area contributed by atoms with E-state index in [4.69, 9.17) is 0 Å². The van der Waals surface area contributed by atoms with E-state index in [1.54, 1.807) is 6.92 Å². The van der Waals surface area contributed by atoms with Crippen molar-refractivity contribution in [3.05, 3.63) is 0 Å². The molecular weight excluding hydrogens is 176 g/mol. The first-order chi connectivity index (χ1) is 6.39. The highest BCUT2D eigenvalue weighted by molar-refractivity contribution is 5.73. The number of hydrogen-bond acceptors (Lipinski definition) is 2. The van der Waals surface area contributed by atoms with Crippen molar-refractivity contribution >= 4 is 5.91 Å². The van der Waals surface area contributed by atoms with Crippen LogP contribution in [0.1, 0.15) is 33.6 Å². The highest BCUT2D eigenvalue weighted by Crippen LogP contribution is 2.23. The molecule has 0 heterocycles. The lowest BCUT2D eigenvalue weighted by Gasteiger charge is -2.42. The zero-order chi connectivity index (χ0) is 11.4. The van der Waals surface area contributed by atoms with E-state index in [1.165, 1.54) is 0 Å². The van der Waals surface area contributed by atoms with Crippen LogP contribution in [-0.2, 0) is 4.79 Å². The van der Waals surface area contributed by atoms with Crippen molar-refractivity contribution in [1.82, 2.24) is 9.80 Å². The van der Waals surface area contributed by atoms with Crippen molar-refractivity contribution in [2.75, 3.05) is 27.7 Å². The van der Waals surface area contributed by atoms with Crippen LogP contribution in [0.2, 0.25) is 0 Å². The maximum absolute atomic E-state index is 11.4. The molecule has 0 atom stereocenters. The molecule has 0 aromatic heterocycles. The Bertz CT molecular complexity index is 186. The zero-order valence-corrected chi connectivity index (χ0v) is 10.4. The molecule has 0 N–H and O–H groups in total. The van der Waals surface area contributed by atoms with Crippen molar-refractivity contribution < 1.29 is 4.79 Å². The molecular formula is C11H24N2O. The van der Waals surface area contributed by atoms with E-state index in [2.05, 4.69) is 18.7 Å². The third kappa shape index (κ3) is 2.98. The Kier molecular flexibility index (Phi) is 5.13. The first-order valence-electron chi connectivity index (χ1n) is 5.28. The lowest BCUT2D eigenvalue weighted by Crippen LogP contribution is -2.54. The number of hydrogen-bond donors (Lipinski definition) is 0. The van der Waals surface area contributed by atoms with Gasteiger partial charge in [-0.25, -0.2) is 0 Å². The highest BCUT2D eigenvalue weighted by Gasteiger charge is 2.32. The summed E-state index contributed by atoms with van der Waals surface area (Å²) in [6, 6.07) is 0. The van der Waals surface area contributed by atoms with Crippen molar-refractivity contribution in [2.24, 2.45) is 0 Å². The van der Waals surface area contributed by atoms with Crippen LogP contribution in [0.3, 0.4) is 0 Å². The van der Waals surface area contributed by atoms with Gasteiger partial charge in [-0.3, -0.25) is 4.79 Å². The van der Waals surface area contributed by atoms with Gasteiger partial charge in [0.2, 0.25) is 5.91 Å². The number of rotatable bonds is 5. The standard InChI is InChI=1S/C11H24N2O/c1-7-11(8-2,9-12(4)5)13(6)10(3)14/h7-9H2,1-6H3. The molecule has 3 nitrogen and oxygen atoms in total. The Morgan fingerprint density at radius 2 is 1.57 bits per heavy atom. The number of likely N-dealkylation sites (N-methyl/N-ethyl adjacent to an activating group) is 2. The second-order valence-corrected chi connectivity index (χ2v) is 4.25. The average molecular weight is 200 g/mol. The Morgan fingerprint density at radius 1 is 1.14 bits per heavy atom. The van der Waals surface area contributed by atoms with Crippen molar-refractivity contribution in [3.63, 3.8) is 0 Å². The minimum absolute atomic E-state index is 0.00463. The summed E-state index contributed by atoms with van der Waals surface area (Å²) in [5.41, 5.74) is -0.00463. The van der Waals surface area contributed by atoms with Crippen LogP contribution in [0.5, 0.6) is 0 Å². The van der Waals surface area contributed by atoms with Crippen LogP contribution in [0.25, 0.3) is 0 Å². The number of carbonyl (C=O) groups excluding carboxylic acids is 1. The van der Waals surface area contributed by atoms with Gasteiger partial charge in [-0.1, -0.05) is 13.8 Å². The quantitative estimate of drug-likeness (QED) is 0.673. The van der Waals surface area contributed by atoms with Gasteiger partial charge in [0.1, 0.15) is 0 Å². The van der Waals surface area contributed by atoms with Gasteiger partial charge in [0, 0.05) is 20.5 Å². The summed E-state index contributed by atoms with van der Waals surface area (Å²) >= 11 is 0. The highest BCUT2D eigenvalue weighted by atomic mass is 16.2. The Hall–Kier alpha value is -0.570. The van der Waals surface area contributed by atoms with Crippen molar-refractivity contribution in [1.29, 1.82) is 0 Å². The summed E-state index contributed by atoms with van der Waals surface area (Å²) in [7, 11) is 6.00. The molecule has 0 saturated heterocycles. The van der Waals surface area contributed by atoms with E-state index >= 15 is 0 Å². The maximum atomic E-state index is 11.4. The third-order valence-corrected chi connectivity index (χ3v) is 3.11. The number of amides is 1. The fraction of sp³-hybridized carbons (Fsp3) is 0.909. The number of carbonyl (C=O) groups is 1. The van der Waals surface area contributed by atoms with E-state index in [0.29, 0.717) is 0 Å². The van der Waals surface area contributed by atoms with E-state index in [-0.39, 0.29) is 11.4 Å². The SMILES string of the molecule is CCC(CC)(CN(C)C)N(C)C(C)=O. The molecule has 0 aliphatic heterocycles. The maximum Gasteiger partial charge on any atom is 0.219 e. The van der Waals surface area contributed by atoms with Crippen LogP contribution in [0, 0.1) is 0 Å².